The minimum absolute atomic E-state index is 0.860. The summed E-state index contributed by atoms with van der Waals surface area (Å²) < 4.78 is 61.8. The van der Waals surface area contributed by atoms with E-state index in [9.17, 15) is 91.9 Å². The van der Waals surface area contributed by atoms with Gasteiger partial charge >= 0.3 is 0 Å². The van der Waals surface area contributed by atoms with Crippen LogP contribution >= 0.6 is 0 Å². The first-order valence-electron chi connectivity index (χ1n) is 21.1. The molecule has 0 amide bonds. The summed E-state index contributed by atoms with van der Waals surface area (Å²) in [5.41, 5.74) is 6.47. The molecule has 386 valence electrons. The molecule has 0 bridgehead atoms. The third-order valence-corrected chi connectivity index (χ3v) is 12.5. The van der Waals surface area contributed by atoms with Crippen LogP contribution in [-0.2, 0) is 52.1 Å². The SMILES string of the molecule is CC1O[C@@H](OC2C(O)[C@@H](O)C(CO)O[C@H]2OC2C(N)C(OC3C(O)[C@H](O[C@H]4C(CO)O[C@@H](O[C@H]5C(CO)O[C@@H](O)C(O)C5O)C(O)C4O)OC(CO)[C@@H]3O)OC(CO)[C@@H]2O)C(O)C(O)[C@H]1O. The quantitative estimate of drug-likeness (QED) is 0.0724. The predicted molar refractivity (Wildman–Crippen MR) is 200 cm³/mol. The van der Waals surface area contributed by atoms with Gasteiger partial charge in [-0.1, -0.05) is 0 Å². The first-order valence-corrected chi connectivity index (χ1v) is 21.1. The number of aliphatic hydroxyl groups is 18. The average molecular weight is 974 g/mol. The summed E-state index contributed by atoms with van der Waals surface area (Å²) in [4.78, 5) is 0. The van der Waals surface area contributed by atoms with E-state index in [1.807, 2.05) is 0 Å². The van der Waals surface area contributed by atoms with Crippen molar-refractivity contribution in [1.82, 2.24) is 0 Å². The Morgan fingerprint density at radius 2 is 0.697 bits per heavy atom. The van der Waals surface area contributed by atoms with E-state index in [0.717, 1.165) is 0 Å². The molecular weight excluding hydrogens is 910 g/mol. The summed E-state index contributed by atoms with van der Waals surface area (Å²) in [5, 5.41) is 190. The van der Waals surface area contributed by atoms with E-state index in [-0.39, 0.29) is 0 Å². The molecule has 20 N–H and O–H groups in total. The molecule has 66 heavy (non-hydrogen) atoms. The first kappa shape index (κ1) is 54.1. The van der Waals surface area contributed by atoms with Gasteiger partial charge in [-0.05, 0) is 6.92 Å². The zero-order valence-corrected chi connectivity index (χ0v) is 35.0. The number of hydrogen-bond donors (Lipinski definition) is 19. The minimum Gasteiger partial charge on any atom is -0.394 e. The van der Waals surface area contributed by atoms with Crippen LogP contribution in [0.1, 0.15) is 6.92 Å². The van der Waals surface area contributed by atoms with Crippen LogP contribution < -0.4 is 5.73 Å². The van der Waals surface area contributed by atoms with E-state index < -0.39 is 217 Å². The molecule has 0 aromatic heterocycles. The van der Waals surface area contributed by atoms with Crippen LogP contribution in [0.15, 0.2) is 0 Å². The summed E-state index contributed by atoms with van der Waals surface area (Å²) in [6.07, 6.45) is -52.9. The number of nitrogens with two attached hydrogens (primary N) is 1. The number of rotatable bonds is 15. The molecule has 30 atom stereocenters. The van der Waals surface area contributed by atoms with Crippen LogP contribution in [0.2, 0.25) is 0 Å². The van der Waals surface area contributed by atoms with Gasteiger partial charge in [0, 0.05) is 0 Å². The second-order valence-corrected chi connectivity index (χ2v) is 16.8. The van der Waals surface area contributed by atoms with Crippen LogP contribution in [0.5, 0.6) is 0 Å². The van der Waals surface area contributed by atoms with Gasteiger partial charge in [-0.2, -0.15) is 0 Å². The van der Waals surface area contributed by atoms with Crippen molar-refractivity contribution in [1.29, 1.82) is 0 Å². The van der Waals surface area contributed by atoms with Crippen molar-refractivity contribution in [2.45, 2.75) is 191 Å². The fourth-order valence-electron chi connectivity index (χ4n) is 8.49. The van der Waals surface area contributed by atoms with Crippen LogP contribution in [0.25, 0.3) is 0 Å². The predicted octanol–water partition coefficient (Wildman–Crippen LogP) is -13.1. The zero-order valence-electron chi connectivity index (χ0n) is 35.0. The van der Waals surface area contributed by atoms with Crippen LogP contribution in [0.3, 0.4) is 0 Å². The van der Waals surface area contributed by atoms with Crippen molar-refractivity contribution in [3.05, 3.63) is 0 Å². The van der Waals surface area contributed by atoms with Crippen LogP contribution in [0.4, 0.5) is 0 Å². The molecule has 6 heterocycles. The lowest BCUT2D eigenvalue weighted by atomic mass is 9.94. The van der Waals surface area contributed by atoms with Gasteiger partial charge in [0.25, 0.3) is 0 Å². The molecule has 6 saturated heterocycles. The van der Waals surface area contributed by atoms with E-state index in [4.69, 9.17) is 57.8 Å². The molecule has 19 unspecified atom stereocenters. The van der Waals surface area contributed by atoms with Crippen molar-refractivity contribution < 1.29 is 144 Å². The highest BCUT2D eigenvalue weighted by atomic mass is 16.8. The Balaban J connectivity index is 1.18. The molecule has 0 aromatic carbocycles. The number of aliphatic hydroxyl groups excluding tert-OH is 18. The third kappa shape index (κ3) is 10.8. The Hall–Kier alpha value is -1.20. The highest BCUT2D eigenvalue weighted by molar-refractivity contribution is 5.00. The average Bonchev–Trinajstić information content (AvgIpc) is 3.30. The maximum Gasteiger partial charge on any atom is 0.187 e. The van der Waals surface area contributed by atoms with Crippen molar-refractivity contribution in [2.24, 2.45) is 5.73 Å². The monoisotopic (exact) mass is 973 g/mol. The van der Waals surface area contributed by atoms with Gasteiger partial charge < -0.3 is 150 Å². The molecule has 0 radical (unpaired) electrons. The molecule has 30 heteroatoms. The van der Waals surface area contributed by atoms with E-state index in [1.165, 1.54) is 6.92 Å². The molecule has 0 aromatic rings. The smallest absolute Gasteiger partial charge is 0.187 e. The standard InChI is InChI=1S/C36H63NO29/c1-7-14(43)18(47)23(52)33(56-7)66-30-19(48)15(44)8(2-38)60-36(30)64-28-13(37)32(58-9(3-39)16(28)45)65-29-17(46)10(4-40)59-35(25(29)54)63-27-12(6-42)61-34(24(53)21(27)50)62-26-11(5-41)57-31(55)22(51)20(26)49/h7-36,38-55H,2-6,37H2,1H3/t7?,8?,9?,10?,11?,12?,13?,14-,15-,16-,17-,18?,19?,20?,21?,22?,23?,24?,25?,26-,27-,28?,29?,30?,31+,32?,33-,34-,35-,36-/m0/s1. The summed E-state index contributed by atoms with van der Waals surface area (Å²) in [6, 6.07) is -1.73. The molecule has 0 spiro atoms. The Morgan fingerprint density at radius 1 is 0.318 bits per heavy atom. The van der Waals surface area contributed by atoms with Crippen molar-refractivity contribution >= 4 is 0 Å². The molecular formula is C36H63NO29. The highest BCUT2D eigenvalue weighted by Crippen LogP contribution is 2.36. The second kappa shape index (κ2) is 22.9. The number of hydrogen-bond acceptors (Lipinski definition) is 30. The van der Waals surface area contributed by atoms with Crippen molar-refractivity contribution in [2.75, 3.05) is 33.0 Å². The van der Waals surface area contributed by atoms with Crippen LogP contribution in [0, 0.1) is 0 Å². The maximum atomic E-state index is 11.5. The Labute approximate surface area is 373 Å². The van der Waals surface area contributed by atoms with Gasteiger partial charge in [0.05, 0.1) is 45.2 Å². The van der Waals surface area contributed by atoms with Gasteiger partial charge in [-0.25, -0.2) is 0 Å². The van der Waals surface area contributed by atoms with Crippen LogP contribution in [-0.4, -0.2) is 309 Å². The topological polar surface area (TPSA) is 492 Å². The van der Waals surface area contributed by atoms with Gasteiger partial charge in [0.15, 0.2) is 37.7 Å². The zero-order chi connectivity index (χ0) is 48.6. The van der Waals surface area contributed by atoms with E-state index in [0.29, 0.717) is 0 Å². The lowest BCUT2D eigenvalue weighted by Crippen LogP contribution is -2.69. The Kier molecular flexibility index (Phi) is 18.8. The van der Waals surface area contributed by atoms with Crippen molar-refractivity contribution in [3.8, 4) is 0 Å². The third-order valence-electron chi connectivity index (χ3n) is 12.5. The normalized spacial score (nSPS) is 54.0. The molecule has 6 aliphatic rings. The molecule has 6 fully saturated rings. The number of ether oxygens (including phenoxy) is 11. The first-order chi connectivity index (χ1) is 31.2. The fourth-order valence-corrected chi connectivity index (χ4v) is 8.49. The van der Waals surface area contributed by atoms with E-state index in [2.05, 4.69) is 0 Å². The lowest BCUT2D eigenvalue weighted by Gasteiger charge is -2.50. The molecule has 6 aliphatic heterocycles. The molecule has 6 rings (SSSR count). The molecule has 0 aliphatic carbocycles. The summed E-state index contributed by atoms with van der Waals surface area (Å²) in [7, 11) is 0. The van der Waals surface area contributed by atoms with Gasteiger partial charge in [0.1, 0.15) is 134 Å². The summed E-state index contributed by atoms with van der Waals surface area (Å²) in [5.74, 6) is 0. The largest absolute Gasteiger partial charge is 0.394 e. The van der Waals surface area contributed by atoms with E-state index >= 15 is 0 Å². The van der Waals surface area contributed by atoms with Gasteiger partial charge in [-0.3, -0.25) is 0 Å². The fraction of sp³-hybridized carbons (Fsp3) is 1.00. The summed E-state index contributed by atoms with van der Waals surface area (Å²) in [6.45, 7) is -3.36. The molecule has 30 nitrogen and oxygen atoms in total. The summed E-state index contributed by atoms with van der Waals surface area (Å²) >= 11 is 0. The van der Waals surface area contributed by atoms with Crippen molar-refractivity contribution in [3.63, 3.8) is 0 Å². The second-order valence-electron chi connectivity index (χ2n) is 16.8. The van der Waals surface area contributed by atoms with E-state index in [1.54, 1.807) is 0 Å². The highest BCUT2D eigenvalue weighted by Gasteiger charge is 2.57. The van der Waals surface area contributed by atoms with Gasteiger partial charge in [-0.15, -0.1) is 0 Å². The Bertz CT molecular complexity index is 1490. The Morgan fingerprint density at radius 3 is 1.27 bits per heavy atom. The lowest BCUT2D eigenvalue weighted by molar-refractivity contribution is -0.392. The minimum atomic E-state index is -2.15. The maximum absolute atomic E-state index is 11.5. The molecule has 0 saturated carbocycles. The van der Waals surface area contributed by atoms with Gasteiger partial charge in [0.2, 0.25) is 0 Å².